The van der Waals surface area contributed by atoms with E-state index in [0.29, 0.717) is 56.0 Å². The molecule has 0 amide bonds. The summed E-state index contributed by atoms with van der Waals surface area (Å²) in [6, 6.07) is 5.20. The molecule has 2 N–H and O–H groups in total. The van der Waals surface area contributed by atoms with E-state index in [1.165, 1.54) is 25.0 Å². The first-order chi connectivity index (χ1) is 21.1. The standard InChI is InChI=1S/C36H45F4N3O/c1-4-6-7-32(44)21-27-11-15-30(24(3)42-22-27)23-43-34-28(5-2)18-19-41-35(33(34)37)29(14-10-25-8-9-25)20-26-12-16-31(17-13-26)36(38,39)40/h11-13,15-17,19,22,25,29,42-43H,4-10,14,18,20-21,23H2,1-3H3. The Bertz CT molecular complexity index is 1360. The second kappa shape index (κ2) is 15.5. The summed E-state index contributed by atoms with van der Waals surface area (Å²) < 4.78 is 56.0. The zero-order valence-electron chi connectivity index (χ0n) is 26.1. The van der Waals surface area contributed by atoms with Gasteiger partial charge in [-0.25, -0.2) is 4.39 Å². The lowest BCUT2D eigenvalue weighted by molar-refractivity contribution is -0.137. The Kier molecular flexibility index (Phi) is 11.8. The molecule has 0 bridgehead atoms. The average molecular weight is 612 g/mol. The number of carbonyl (C=O) groups is 1. The highest BCUT2D eigenvalue weighted by atomic mass is 19.4. The summed E-state index contributed by atoms with van der Waals surface area (Å²) in [5.41, 5.74) is 4.56. The first kappa shape index (κ1) is 33.5. The van der Waals surface area contributed by atoms with E-state index >= 15 is 4.39 Å². The number of benzene rings is 1. The third kappa shape index (κ3) is 9.54. The molecule has 0 saturated heterocycles. The molecule has 8 heteroatoms. The van der Waals surface area contributed by atoms with E-state index in [9.17, 15) is 18.0 Å². The van der Waals surface area contributed by atoms with Crippen LogP contribution in [0.2, 0.25) is 0 Å². The van der Waals surface area contributed by atoms with Crippen LogP contribution in [0, 0.1) is 11.8 Å². The molecule has 4 nitrogen and oxygen atoms in total. The van der Waals surface area contributed by atoms with Crippen molar-refractivity contribution in [2.45, 2.75) is 97.6 Å². The van der Waals surface area contributed by atoms with Crippen molar-refractivity contribution >= 4 is 12.0 Å². The van der Waals surface area contributed by atoms with Gasteiger partial charge in [-0.05, 0) is 79.4 Å². The summed E-state index contributed by atoms with van der Waals surface area (Å²) in [6.07, 6.45) is 11.6. The number of Topliss-reactive ketones (excluding diaryl/α,β-unsaturated/α-hetero) is 1. The maximum Gasteiger partial charge on any atom is 0.416 e. The highest BCUT2D eigenvalue weighted by Crippen LogP contribution is 2.39. The SMILES string of the molecule is CCCCC(=O)CC1=CNC(C)=C(CNC2=C(CC)CC=NC(C(CCC3CC3)Cc3ccc(C(F)(F)F)cc3)=C2F)C=C1. The Morgan fingerprint density at radius 1 is 1.14 bits per heavy atom. The normalized spacial score (nSPS) is 18.2. The highest BCUT2D eigenvalue weighted by molar-refractivity contribution is 5.81. The van der Waals surface area contributed by atoms with Crippen LogP contribution in [0.5, 0.6) is 0 Å². The summed E-state index contributed by atoms with van der Waals surface area (Å²) in [7, 11) is 0. The van der Waals surface area contributed by atoms with Crippen molar-refractivity contribution in [2.75, 3.05) is 6.54 Å². The molecule has 0 radical (unpaired) electrons. The molecule has 3 aliphatic rings. The number of hydrogen-bond donors (Lipinski definition) is 2. The van der Waals surface area contributed by atoms with Gasteiger partial charge < -0.3 is 10.6 Å². The lowest BCUT2D eigenvalue weighted by Gasteiger charge is -2.21. The molecule has 0 aromatic heterocycles. The van der Waals surface area contributed by atoms with Crippen molar-refractivity contribution in [1.29, 1.82) is 0 Å². The van der Waals surface area contributed by atoms with Gasteiger partial charge in [-0.15, -0.1) is 0 Å². The number of nitrogens with one attached hydrogen (secondary N) is 2. The van der Waals surface area contributed by atoms with Crippen LogP contribution >= 0.6 is 0 Å². The van der Waals surface area contributed by atoms with Gasteiger partial charge in [0.05, 0.1) is 17.0 Å². The number of carbonyl (C=O) groups excluding carboxylic acids is 1. The maximum atomic E-state index is 16.6. The number of hydrogen-bond acceptors (Lipinski definition) is 4. The zero-order valence-corrected chi connectivity index (χ0v) is 26.1. The minimum Gasteiger partial charge on any atom is -0.379 e. The molecule has 4 rings (SSSR count). The molecule has 1 unspecified atom stereocenters. The third-order valence-corrected chi connectivity index (χ3v) is 8.68. The fourth-order valence-corrected chi connectivity index (χ4v) is 5.65. The average Bonchev–Trinajstić information content (AvgIpc) is 3.85. The van der Waals surface area contributed by atoms with Crippen LogP contribution < -0.4 is 10.6 Å². The second-order valence-electron chi connectivity index (χ2n) is 12.2. The third-order valence-electron chi connectivity index (χ3n) is 8.68. The number of unbranched alkanes of at least 4 members (excludes halogenated alkanes) is 1. The summed E-state index contributed by atoms with van der Waals surface area (Å²) >= 11 is 0. The molecular formula is C36H45F4N3O. The molecule has 44 heavy (non-hydrogen) atoms. The Hall–Kier alpha value is -3.42. The minimum absolute atomic E-state index is 0.215. The van der Waals surface area contributed by atoms with E-state index in [-0.39, 0.29) is 17.5 Å². The fourth-order valence-electron chi connectivity index (χ4n) is 5.65. The summed E-state index contributed by atoms with van der Waals surface area (Å²) in [4.78, 5) is 16.9. The summed E-state index contributed by atoms with van der Waals surface area (Å²) in [5.74, 6) is 0.210. The molecular weight excluding hydrogens is 566 g/mol. The highest BCUT2D eigenvalue weighted by Gasteiger charge is 2.31. The van der Waals surface area contributed by atoms with Gasteiger partial charge in [0, 0.05) is 49.8 Å². The number of nitrogens with zero attached hydrogens (tertiary/aromatic N) is 1. The van der Waals surface area contributed by atoms with Crippen molar-refractivity contribution in [1.82, 2.24) is 10.6 Å². The Labute approximate surface area is 259 Å². The van der Waals surface area contributed by atoms with Gasteiger partial charge in [-0.3, -0.25) is 9.79 Å². The van der Waals surface area contributed by atoms with Gasteiger partial charge in [-0.2, -0.15) is 13.2 Å². The topological polar surface area (TPSA) is 53.5 Å². The van der Waals surface area contributed by atoms with Crippen LogP contribution in [0.3, 0.4) is 0 Å². The van der Waals surface area contributed by atoms with E-state index in [1.807, 2.05) is 32.2 Å². The zero-order chi connectivity index (χ0) is 31.7. The van der Waals surface area contributed by atoms with Gasteiger partial charge in [-0.1, -0.05) is 57.4 Å². The van der Waals surface area contributed by atoms with Crippen molar-refractivity contribution in [3.05, 3.63) is 93.4 Å². The van der Waals surface area contributed by atoms with Gasteiger partial charge in [0.15, 0.2) is 5.83 Å². The summed E-state index contributed by atoms with van der Waals surface area (Å²) in [5, 5.41) is 6.67. The van der Waals surface area contributed by atoms with Crippen molar-refractivity contribution in [3.8, 4) is 0 Å². The van der Waals surface area contributed by atoms with Crippen molar-refractivity contribution in [2.24, 2.45) is 16.8 Å². The Morgan fingerprint density at radius 3 is 2.55 bits per heavy atom. The predicted molar refractivity (Wildman–Crippen MR) is 169 cm³/mol. The van der Waals surface area contributed by atoms with Gasteiger partial charge in [0.1, 0.15) is 5.78 Å². The predicted octanol–water partition coefficient (Wildman–Crippen LogP) is 9.43. The quantitative estimate of drug-likeness (QED) is 0.194. The molecule has 1 aromatic carbocycles. The van der Waals surface area contributed by atoms with E-state index in [2.05, 4.69) is 22.5 Å². The van der Waals surface area contributed by atoms with Gasteiger partial charge in [0.25, 0.3) is 0 Å². The lowest BCUT2D eigenvalue weighted by atomic mass is 9.89. The first-order valence-corrected chi connectivity index (χ1v) is 16.0. The number of ketones is 1. The molecule has 1 aliphatic carbocycles. The summed E-state index contributed by atoms with van der Waals surface area (Å²) in [6.45, 7) is 6.41. The van der Waals surface area contributed by atoms with E-state index in [1.54, 1.807) is 6.21 Å². The monoisotopic (exact) mass is 611 g/mol. The van der Waals surface area contributed by atoms with Gasteiger partial charge >= 0.3 is 6.18 Å². The van der Waals surface area contributed by atoms with Crippen molar-refractivity contribution < 1.29 is 22.4 Å². The molecule has 2 heterocycles. The minimum atomic E-state index is -4.40. The molecule has 1 atom stereocenters. The van der Waals surface area contributed by atoms with Crippen LogP contribution in [-0.4, -0.2) is 18.5 Å². The van der Waals surface area contributed by atoms with Crippen LogP contribution in [0.1, 0.15) is 96.1 Å². The maximum absolute atomic E-state index is 16.6. The van der Waals surface area contributed by atoms with E-state index in [0.717, 1.165) is 65.8 Å². The number of alkyl halides is 3. The van der Waals surface area contributed by atoms with Gasteiger partial charge in [0.2, 0.25) is 0 Å². The molecule has 1 fully saturated rings. The second-order valence-corrected chi connectivity index (χ2v) is 12.2. The Morgan fingerprint density at radius 2 is 1.89 bits per heavy atom. The molecule has 238 valence electrons. The number of rotatable bonds is 15. The van der Waals surface area contributed by atoms with Crippen molar-refractivity contribution in [3.63, 3.8) is 0 Å². The number of halogens is 4. The first-order valence-electron chi connectivity index (χ1n) is 16.0. The number of aliphatic imine (C=N–C) groups is 1. The lowest BCUT2D eigenvalue weighted by Crippen LogP contribution is -2.22. The van der Waals surface area contributed by atoms with Crippen LogP contribution in [0.4, 0.5) is 17.6 Å². The van der Waals surface area contributed by atoms with E-state index in [4.69, 9.17) is 0 Å². The Balaban J connectivity index is 1.53. The molecule has 0 spiro atoms. The van der Waals surface area contributed by atoms with Crippen LogP contribution in [0.15, 0.2) is 87.2 Å². The van der Waals surface area contributed by atoms with Crippen LogP contribution in [0.25, 0.3) is 0 Å². The molecule has 1 saturated carbocycles. The fraction of sp³-hybridized carbons (Fsp3) is 0.500. The van der Waals surface area contributed by atoms with Crippen LogP contribution in [-0.2, 0) is 17.4 Å². The molecule has 2 aliphatic heterocycles. The smallest absolute Gasteiger partial charge is 0.379 e. The largest absolute Gasteiger partial charge is 0.416 e. The molecule has 1 aromatic rings. The van der Waals surface area contributed by atoms with E-state index < -0.39 is 11.7 Å². The number of allylic oxidation sites excluding steroid dienone is 6.